The molecule has 0 saturated heterocycles. The van der Waals surface area contributed by atoms with Gasteiger partial charge in [-0.15, -0.1) is 0 Å². The molecule has 0 spiro atoms. The number of aryl methyl sites for hydroxylation is 1. The molecule has 4 heteroatoms. The normalized spacial score (nSPS) is 10.4. The largest absolute Gasteiger partial charge is 0.231 e. The first-order valence-electron chi connectivity index (χ1n) is 4.71. The van der Waals surface area contributed by atoms with Gasteiger partial charge in [-0.25, -0.2) is 4.98 Å². The van der Waals surface area contributed by atoms with Gasteiger partial charge < -0.3 is 0 Å². The molecule has 16 heavy (non-hydrogen) atoms. The van der Waals surface area contributed by atoms with Gasteiger partial charge in [0, 0.05) is 16.0 Å². The smallest absolute Gasteiger partial charge is 0.226 e. The van der Waals surface area contributed by atoms with Crippen LogP contribution in [-0.4, -0.2) is 4.98 Å². The van der Waals surface area contributed by atoms with Crippen molar-refractivity contribution in [1.29, 1.82) is 0 Å². The average Bonchev–Trinajstić information content (AvgIpc) is 2.24. The molecule has 82 valence electrons. The van der Waals surface area contributed by atoms with E-state index in [9.17, 15) is 4.39 Å². The molecule has 0 bridgehead atoms. The van der Waals surface area contributed by atoms with Crippen LogP contribution in [0.3, 0.4) is 0 Å². The molecule has 0 fully saturated rings. The minimum absolute atomic E-state index is 0.0534. The highest BCUT2D eigenvalue weighted by Gasteiger charge is 2.03. The van der Waals surface area contributed by atoms with Gasteiger partial charge >= 0.3 is 0 Å². The molecule has 1 aromatic heterocycles. The number of nitrogens with zero attached hydrogens (tertiary/aromatic N) is 1. The van der Waals surface area contributed by atoms with Crippen molar-refractivity contribution in [2.45, 2.75) is 16.7 Å². The monoisotopic (exact) mass is 253 g/mol. The Morgan fingerprint density at radius 1 is 1.25 bits per heavy atom. The van der Waals surface area contributed by atoms with Crippen LogP contribution in [0.5, 0.6) is 0 Å². The second kappa shape index (κ2) is 4.85. The Morgan fingerprint density at radius 2 is 2.06 bits per heavy atom. The fourth-order valence-electron chi connectivity index (χ4n) is 1.27. The third-order valence-electron chi connectivity index (χ3n) is 2.00. The lowest BCUT2D eigenvalue weighted by Gasteiger charge is -2.03. The molecule has 0 atom stereocenters. The summed E-state index contributed by atoms with van der Waals surface area (Å²) in [5.41, 5.74) is 1.19. The van der Waals surface area contributed by atoms with Gasteiger partial charge in [-0.1, -0.05) is 41.1 Å². The molecule has 2 aromatic rings. The summed E-state index contributed by atoms with van der Waals surface area (Å²) in [6, 6.07) is 9.64. The van der Waals surface area contributed by atoms with Crippen molar-refractivity contribution in [3.63, 3.8) is 0 Å². The van der Waals surface area contributed by atoms with Crippen LogP contribution in [0, 0.1) is 12.9 Å². The molecule has 0 radical (unpaired) electrons. The zero-order valence-corrected chi connectivity index (χ0v) is 10.1. The van der Waals surface area contributed by atoms with Crippen molar-refractivity contribution < 1.29 is 4.39 Å². The first-order chi connectivity index (χ1) is 7.65. The van der Waals surface area contributed by atoms with Crippen LogP contribution in [-0.2, 0) is 0 Å². The third-order valence-corrected chi connectivity index (χ3v) is 3.21. The van der Waals surface area contributed by atoms with E-state index in [-0.39, 0.29) is 5.02 Å². The number of hydrogen-bond acceptors (Lipinski definition) is 2. The van der Waals surface area contributed by atoms with E-state index in [2.05, 4.69) is 11.1 Å². The molecule has 0 N–H and O–H groups in total. The van der Waals surface area contributed by atoms with Crippen LogP contribution in [0.15, 0.2) is 46.3 Å². The number of rotatable bonds is 2. The van der Waals surface area contributed by atoms with Crippen LogP contribution in [0.4, 0.5) is 4.39 Å². The molecule has 1 heterocycles. The Labute approximate surface area is 103 Å². The van der Waals surface area contributed by atoms with E-state index in [1.807, 2.05) is 25.1 Å². The number of halogens is 2. The Bertz CT molecular complexity index is 516. The van der Waals surface area contributed by atoms with Gasteiger partial charge in [-0.05, 0) is 25.1 Å². The fourth-order valence-corrected chi connectivity index (χ4v) is 2.45. The summed E-state index contributed by atoms with van der Waals surface area (Å²) < 4.78 is 12.8. The summed E-state index contributed by atoms with van der Waals surface area (Å²) in [5, 5.41) is 0.0534. The standard InChI is InChI=1S/C12H9ClFNS/c1-8-3-2-4-9(5-8)16-10-6-11(13)12(14)15-7-10/h2-7H,1H3. The van der Waals surface area contributed by atoms with Gasteiger partial charge in [0.15, 0.2) is 0 Å². The first-order valence-corrected chi connectivity index (χ1v) is 5.90. The van der Waals surface area contributed by atoms with Gasteiger partial charge in [0.2, 0.25) is 5.95 Å². The van der Waals surface area contributed by atoms with Crippen LogP contribution in [0.2, 0.25) is 5.02 Å². The van der Waals surface area contributed by atoms with E-state index < -0.39 is 5.95 Å². The highest BCUT2D eigenvalue weighted by molar-refractivity contribution is 7.99. The molecule has 1 nitrogen and oxygen atoms in total. The maximum atomic E-state index is 12.8. The summed E-state index contributed by atoms with van der Waals surface area (Å²) in [7, 11) is 0. The van der Waals surface area contributed by atoms with Gasteiger partial charge in [0.1, 0.15) is 0 Å². The highest BCUT2D eigenvalue weighted by Crippen LogP contribution is 2.29. The summed E-state index contributed by atoms with van der Waals surface area (Å²) in [5.74, 6) is -0.629. The first kappa shape index (κ1) is 11.4. The van der Waals surface area contributed by atoms with E-state index in [0.29, 0.717) is 0 Å². The van der Waals surface area contributed by atoms with E-state index in [1.165, 1.54) is 23.5 Å². The zero-order valence-electron chi connectivity index (χ0n) is 8.58. The number of benzene rings is 1. The molecule has 0 amide bonds. The van der Waals surface area contributed by atoms with Crippen LogP contribution >= 0.6 is 23.4 Å². The van der Waals surface area contributed by atoms with Gasteiger partial charge in [-0.2, -0.15) is 4.39 Å². The number of aromatic nitrogens is 1. The fraction of sp³-hybridized carbons (Fsp3) is 0.0833. The van der Waals surface area contributed by atoms with Crippen molar-refractivity contribution >= 4 is 23.4 Å². The maximum absolute atomic E-state index is 12.8. The number of hydrogen-bond donors (Lipinski definition) is 0. The van der Waals surface area contributed by atoms with Gasteiger partial charge in [0.25, 0.3) is 0 Å². The SMILES string of the molecule is Cc1cccc(Sc2cnc(F)c(Cl)c2)c1. The minimum atomic E-state index is -0.629. The molecule has 0 aliphatic heterocycles. The minimum Gasteiger partial charge on any atom is -0.226 e. The molecule has 0 saturated carbocycles. The quantitative estimate of drug-likeness (QED) is 0.739. The van der Waals surface area contributed by atoms with Crippen LogP contribution in [0.25, 0.3) is 0 Å². The molecule has 1 aromatic carbocycles. The van der Waals surface area contributed by atoms with E-state index >= 15 is 0 Å². The van der Waals surface area contributed by atoms with Crippen LogP contribution in [0.1, 0.15) is 5.56 Å². The Balaban J connectivity index is 2.24. The zero-order chi connectivity index (χ0) is 11.5. The lowest BCUT2D eigenvalue weighted by molar-refractivity contribution is 0.582. The summed E-state index contributed by atoms with van der Waals surface area (Å²) in [6.07, 6.45) is 1.48. The van der Waals surface area contributed by atoms with Crippen molar-refractivity contribution in [3.05, 3.63) is 53.1 Å². The highest BCUT2D eigenvalue weighted by atomic mass is 35.5. The Hall–Kier alpha value is -1.06. The van der Waals surface area contributed by atoms with Crippen LogP contribution < -0.4 is 0 Å². The Morgan fingerprint density at radius 3 is 2.75 bits per heavy atom. The van der Waals surface area contributed by atoms with Gasteiger partial charge in [-0.3, -0.25) is 0 Å². The Kier molecular flexibility index (Phi) is 3.46. The summed E-state index contributed by atoms with van der Waals surface area (Å²) in [6.45, 7) is 2.03. The van der Waals surface area contributed by atoms with Crippen molar-refractivity contribution in [2.24, 2.45) is 0 Å². The topological polar surface area (TPSA) is 12.9 Å². The predicted octanol–water partition coefficient (Wildman–Crippen LogP) is 4.33. The maximum Gasteiger partial charge on any atom is 0.231 e. The molecular weight excluding hydrogens is 245 g/mol. The molecule has 2 rings (SSSR count). The molecule has 0 aliphatic rings. The van der Waals surface area contributed by atoms with Crippen molar-refractivity contribution in [3.8, 4) is 0 Å². The average molecular weight is 254 g/mol. The summed E-state index contributed by atoms with van der Waals surface area (Å²) in [4.78, 5) is 5.50. The van der Waals surface area contributed by atoms with Gasteiger partial charge in [0.05, 0.1) is 5.02 Å². The number of pyridine rings is 1. The summed E-state index contributed by atoms with van der Waals surface area (Å²) >= 11 is 7.17. The molecular formula is C12H9ClFNS. The lowest BCUT2D eigenvalue weighted by atomic mass is 10.2. The second-order valence-electron chi connectivity index (χ2n) is 3.36. The molecule has 0 unspecified atom stereocenters. The predicted molar refractivity (Wildman–Crippen MR) is 64.5 cm³/mol. The molecule has 0 aliphatic carbocycles. The second-order valence-corrected chi connectivity index (χ2v) is 4.92. The van der Waals surface area contributed by atoms with E-state index in [4.69, 9.17) is 11.6 Å². The van der Waals surface area contributed by atoms with E-state index in [0.717, 1.165) is 9.79 Å². The lowest BCUT2D eigenvalue weighted by Crippen LogP contribution is -1.84. The van der Waals surface area contributed by atoms with Crippen molar-refractivity contribution in [1.82, 2.24) is 4.98 Å². The van der Waals surface area contributed by atoms with E-state index in [1.54, 1.807) is 6.07 Å². The van der Waals surface area contributed by atoms with Crippen molar-refractivity contribution in [2.75, 3.05) is 0 Å². The third kappa shape index (κ3) is 2.74.